The quantitative estimate of drug-likeness (QED) is 0.762. The maximum Gasteiger partial charge on any atom is 0.405 e. The van der Waals surface area contributed by atoms with Gasteiger partial charge in [0.15, 0.2) is 0 Å². The SMILES string of the molecule is CC1(NC(=O)NCC(F)(F)F)CCCCC1. The van der Waals surface area contributed by atoms with Crippen LogP contribution in [0.5, 0.6) is 0 Å². The molecule has 1 fully saturated rings. The number of hydrogen-bond donors (Lipinski definition) is 2. The molecule has 3 nitrogen and oxygen atoms in total. The van der Waals surface area contributed by atoms with Crippen molar-refractivity contribution < 1.29 is 18.0 Å². The van der Waals surface area contributed by atoms with E-state index < -0.39 is 18.8 Å². The molecule has 0 spiro atoms. The minimum Gasteiger partial charge on any atom is -0.333 e. The Labute approximate surface area is 92.8 Å². The van der Waals surface area contributed by atoms with Gasteiger partial charge in [0.05, 0.1) is 0 Å². The third-order valence-corrected chi connectivity index (χ3v) is 2.82. The van der Waals surface area contributed by atoms with E-state index in [1.165, 1.54) is 0 Å². The lowest BCUT2D eigenvalue weighted by atomic mass is 9.83. The van der Waals surface area contributed by atoms with Gasteiger partial charge in [0.1, 0.15) is 6.54 Å². The van der Waals surface area contributed by atoms with Crippen LogP contribution in [0.15, 0.2) is 0 Å². The second kappa shape index (κ2) is 4.93. The molecular formula is C10H17F3N2O. The molecule has 0 aromatic rings. The Morgan fingerprint density at radius 1 is 1.25 bits per heavy atom. The van der Waals surface area contributed by atoms with Gasteiger partial charge in [-0.2, -0.15) is 13.2 Å². The first-order valence-electron chi connectivity index (χ1n) is 5.44. The Morgan fingerprint density at radius 3 is 2.31 bits per heavy atom. The number of amides is 2. The minimum atomic E-state index is -4.36. The van der Waals surface area contributed by atoms with Crippen molar-refractivity contribution in [2.24, 2.45) is 0 Å². The molecule has 0 saturated heterocycles. The molecule has 94 valence electrons. The maximum absolute atomic E-state index is 11.8. The fourth-order valence-electron chi connectivity index (χ4n) is 1.96. The Hall–Kier alpha value is -0.940. The number of alkyl halides is 3. The van der Waals surface area contributed by atoms with Crippen molar-refractivity contribution >= 4 is 6.03 Å². The van der Waals surface area contributed by atoms with Crippen LogP contribution in [0, 0.1) is 0 Å². The van der Waals surface area contributed by atoms with Gasteiger partial charge in [-0.05, 0) is 19.8 Å². The summed E-state index contributed by atoms with van der Waals surface area (Å²) in [6, 6.07) is -0.735. The van der Waals surface area contributed by atoms with Crippen LogP contribution in [-0.2, 0) is 0 Å². The van der Waals surface area contributed by atoms with E-state index in [9.17, 15) is 18.0 Å². The second-order valence-corrected chi connectivity index (χ2v) is 4.54. The van der Waals surface area contributed by atoms with Gasteiger partial charge in [-0.3, -0.25) is 0 Å². The molecule has 0 aromatic carbocycles. The highest BCUT2D eigenvalue weighted by Crippen LogP contribution is 2.27. The smallest absolute Gasteiger partial charge is 0.333 e. The summed E-state index contributed by atoms with van der Waals surface area (Å²) in [5, 5.41) is 4.44. The van der Waals surface area contributed by atoms with Crippen molar-refractivity contribution in [3.05, 3.63) is 0 Å². The fourth-order valence-corrected chi connectivity index (χ4v) is 1.96. The predicted octanol–water partition coefficient (Wildman–Crippen LogP) is 2.57. The third-order valence-electron chi connectivity index (χ3n) is 2.82. The molecule has 0 unspecified atom stereocenters. The molecule has 1 aliphatic rings. The van der Waals surface area contributed by atoms with Crippen LogP contribution in [0.3, 0.4) is 0 Å². The van der Waals surface area contributed by atoms with E-state index in [-0.39, 0.29) is 5.54 Å². The van der Waals surface area contributed by atoms with Gasteiger partial charge in [-0.25, -0.2) is 4.79 Å². The van der Waals surface area contributed by atoms with Gasteiger partial charge in [0, 0.05) is 5.54 Å². The molecule has 0 radical (unpaired) electrons. The van der Waals surface area contributed by atoms with Crippen molar-refractivity contribution in [2.45, 2.75) is 50.7 Å². The number of carbonyl (C=O) groups excluding carboxylic acids is 1. The molecule has 1 saturated carbocycles. The molecule has 6 heteroatoms. The lowest BCUT2D eigenvalue weighted by Crippen LogP contribution is -2.52. The first-order chi connectivity index (χ1) is 7.31. The van der Waals surface area contributed by atoms with Crippen LogP contribution >= 0.6 is 0 Å². The van der Waals surface area contributed by atoms with Crippen LogP contribution in [-0.4, -0.2) is 24.3 Å². The molecule has 0 aliphatic heterocycles. The summed E-state index contributed by atoms with van der Waals surface area (Å²) in [6.07, 6.45) is 0.442. The average molecular weight is 238 g/mol. The number of hydrogen-bond acceptors (Lipinski definition) is 1. The summed E-state index contributed by atoms with van der Waals surface area (Å²) in [6.45, 7) is 0.592. The number of urea groups is 1. The zero-order valence-electron chi connectivity index (χ0n) is 9.28. The van der Waals surface area contributed by atoms with E-state index in [0.29, 0.717) is 0 Å². The molecule has 0 aromatic heterocycles. The monoisotopic (exact) mass is 238 g/mol. The van der Waals surface area contributed by atoms with Gasteiger partial charge < -0.3 is 10.6 Å². The number of halogens is 3. The summed E-state index contributed by atoms with van der Waals surface area (Å²) in [7, 11) is 0. The average Bonchev–Trinajstić information content (AvgIpc) is 2.14. The highest BCUT2D eigenvalue weighted by molar-refractivity contribution is 5.74. The standard InChI is InChI=1S/C10H17F3N2O/c1-9(5-3-2-4-6-9)15-8(16)14-7-10(11,12)13/h2-7H2,1H3,(H2,14,15,16). The molecule has 2 amide bonds. The van der Waals surface area contributed by atoms with Gasteiger partial charge in [-0.15, -0.1) is 0 Å². The van der Waals surface area contributed by atoms with Gasteiger partial charge in [0.2, 0.25) is 0 Å². The molecule has 1 rings (SSSR count). The van der Waals surface area contributed by atoms with Crippen molar-refractivity contribution in [3.63, 3.8) is 0 Å². The highest BCUT2D eigenvalue weighted by Gasteiger charge is 2.31. The predicted molar refractivity (Wildman–Crippen MR) is 54.1 cm³/mol. The van der Waals surface area contributed by atoms with Gasteiger partial charge in [-0.1, -0.05) is 19.3 Å². The largest absolute Gasteiger partial charge is 0.405 e. The summed E-state index contributed by atoms with van der Waals surface area (Å²) in [5.41, 5.74) is -0.353. The zero-order valence-corrected chi connectivity index (χ0v) is 9.28. The molecule has 0 bridgehead atoms. The second-order valence-electron chi connectivity index (χ2n) is 4.54. The van der Waals surface area contributed by atoms with E-state index in [1.807, 2.05) is 12.2 Å². The highest BCUT2D eigenvalue weighted by atomic mass is 19.4. The van der Waals surface area contributed by atoms with E-state index in [2.05, 4.69) is 5.32 Å². The van der Waals surface area contributed by atoms with E-state index in [0.717, 1.165) is 32.1 Å². The van der Waals surface area contributed by atoms with E-state index in [4.69, 9.17) is 0 Å². The van der Waals surface area contributed by atoms with Crippen LogP contribution in [0.25, 0.3) is 0 Å². The van der Waals surface area contributed by atoms with Crippen molar-refractivity contribution in [1.82, 2.24) is 10.6 Å². The van der Waals surface area contributed by atoms with Gasteiger partial charge in [0.25, 0.3) is 0 Å². The topological polar surface area (TPSA) is 41.1 Å². The zero-order chi connectivity index (χ0) is 12.2. The Kier molecular flexibility index (Phi) is 4.04. The lowest BCUT2D eigenvalue weighted by molar-refractivity contribution is -0.122. The first-order valence-corrected chi connectivity index (χ1v) is 5.44. The molecule has 1 aliphatic carbocycles. The number of nitrogens with one attached hydrogen (secondary N) is 2. The Balaban J connectivity index is 2.33. The van der Waals surface area contributed by atoms with Crippen molar-refractivity contribution in [1.29, 1.82) is 0 Å². The normalized spacial score (nSPS) is 20.2. The Morgan fingerprint density at radius 2 is 1.81 bits per heavy atom. The first kappa shape index (κ1) is 13.1. The number of carbonyl (C=O) groups is 1. The molecule has 16 heavy (non-hydrogen) atoms. The molecule has 0 atom stereocenters. The van der Waals surface area contributed by atoms with Crippen LogP contribution in [0.4, 0.5) is 18.0 Å². The summed E-state index contributed by atoms with van der Waals surface area (Å²) < 4.78 is 35.5. The van der Waals surface area contributed by atoms with Crippen LogP contribution in [0.1, 0.15) is 39.0 Å². The van der Waals surface area contributed by atoms with Gasteiger partial charge >= 0.3 is 12.2 Å². The number of rotatable bonds is 2. The molecular weight excluding hydrogens is 221 g/mol. The third kappa shape index (κ3) is 4.72. The lowest BCUT2D eigenvalue weighted by Gasteiger charge is -2.34. The maximum atomic E-state index is 11.8. The van der Waals surface area contributed by atoms with Crippen LogP contribution < -0.4 is 10.6 Å². The van der Waals surface area contributed by atoms with Crippen molar-refractivity contribution in [3.8, 4) is 0 Å². The summed E-state index contributed by atoms with van der Waals surface area (Å²) >= 11 is 0. The Bertz CT molecular complexity index is 247. The fraction of sp³-hybridized carbons (Fsp3) is 0.900. The minimum absolute atomic E-state index is 0.353. The van der Waals surface area contributed by atoms with Crippen LogP contribution in [0.2, 0.25) is 0 Å². The summed E-state index contributed by atoms with van der Waals surface area (Å²) in [4.78, 5) is 11.2. The van der Waals surface area contributed by atoms with E-state index in [1.54, 1.807) is 0 Å². The summed E-state index contributed by atoms with van der Waals surface area (Å²) in [5.74, 6) is 0. The van der Waals surface area contributed by atoms with Crippen molar-refractivity contribution in [2.75, 3.05) is 6.54 Å². The molecule has 0 heterocycles. The molecule has 2 N–H and O–H groups in total. The van der Waals surface area contributed by atoms with E-state index >= 15 is 0 Å².